The maximum atomic E-state index is 9.77. The van der Waals surface area contributed by atoms with E-state index in [4.69, 9.17) is 19.9 Å². The minimum Gasteiger partial charge on any atom is -0.497 e. The molecule has 0 amide bonds. The highest BCUT2D eigenvalue weighted by atomic mass is 16.5. The van der Waals surface area contributed by atoms with Crippen LogP contribution in [0.4, 0.5) is 17.8 Å². The molecule has 1 aromatic heterocycles. The molecule has 0 radical (unpaired) electrons. The van der Waals surface area contributed by atoms with Gasteiger partial charge in [0.2, 0.25) is 17.8 Å². The monoisotopic (exact) mass is 475 g/mol. The van der Waals surface area contributed by atoms with Crippen molar-refractivity contribution in [2.45, 2.75) is 44.4 Å². The van der Waals surface area contributed by atoms with Crippen LogP contribution in [0, 0.1) is 0 Å². The Bertz CT molecular complexity index is 833. The standard InChI is InChI=1S/C23H37N7O4/c1-32-20-8-2-17(3-9-20)16-26-22-28-21(25-11-13-34-15-14-33-12-10-24)29-23(30-22)27-18-4-6-19(31)7-5-18/h2-3,8-9,18-19,31H,4-7,10-16,24H2,1H3,(H3,25,26,27,28,29,30). The van der Waals surface area contributed by atoms with Crippen LogP contribution in [0.2, 0.25) is 0 Å². The number of anilines is 3. The molecular formula is C23H37N7O4. The van der Waals surface area contributed by atoms with Crippen LogP contribution in [-0.2, 0) is 16.0 Å². The van der Waals surface area contributed by atoms with E-state index in [1.54, 1.807) is 7.11 Å². The third kappa shape index (κ3) is 9.26. The lowest BCUT2D eigenvalue weighted by atomic mass is 9.93. The molecule has 0 spiro atoms. The average Bonchev–Trinajstić information content (AvgIpc) is 2.86. The summed E-state index contributed by atoms with van der Waals surface area (Å²) in [6, 6.07) is 8.05. The molecule has 11 heteroatoms. The van der Waals surface area contributed by atoms with Crippen molar-refractivity contribution in [2.24, 2.45) is 5.73 Å². The van der Waals surface area contributed by atoms with Gasteiger partial charge in [0.15, 0.2) is 0 Å². The number of aliphatic hydroxyl groups excluding tert-OH is 1. The molecule has 2 aromatic rings. The van der Waals surface area contributed by atoms with Crippen molar-refractivity contribution < 1.29 is 19.3 Å². The Morgan fingerprint density at radius 2 is 1.53 bits per heavy atom. The number of ether oxygens (including phenoxy) is 3. The van der Waals surface area contributed by atoms with Gasteiger partial charge >= 0.3 is 0 Å². The Morgan fingerprint density at radius 1 is 0.882 bits per heavy atom. The fraction of sp³-hybridized carbons (Fsp3) is 0.609. The largest absolute Gasteiger partial charge is 0.497 e. The summed E-state index contributed by atoms with van der Waals surface area (Å²) in [6.07, 6.45) is 3.11. The quantitative estimate of drug-likeness (QED) is 0.239. The number of methoxy groups -OCH3 is 1. The minimum atomic E-state index is -0.212. The number of hydrogen-bond acceptors (Lipinski definition) is 11. The second kappa shape index (κ2) is 14.5. The lowest BCUT2D eigenvalue weighted by molar-refractivity contribution is 0.0547. The fourth-order valence-electron chi connectivity index (χ4n) is 3.57. The van der Waals surface area contributed by atoms with Gasteiger partial charge < -0.3 is 41.0 Å². The summed E-state index contributed by atoms with van der Waals surface area (Å²) >= 11 is 0. The van der Waals surface area contributed by atoms with Gasteiger partial charge in [-0.1, -0.05) is 12.1 Å². The third-order valence-electron chi connectivity index (χ3n) is 5.44. The SMILES string of the molecule is COc1ccc(CNc2nc(NCCOCCOCCN)nc(NC3CCC(O)CC3)n2)cc1. The van der Waals surface area contributed by atoms with E-state index < -0.39 is 0 Å². The van der Waals surface area contributed by atoms with Gasteiger partial charge in [0.25, 0.3) is 0 Å². The Labute approximate surface area is 200 Å². The van der Waals surface area contributed by atoms with Crippen LogP contribution in [0.1, 0.15) is 31.2 Å². The Kier molecular flexibility index (Phi) is 11.0. The van der Waals surface area contributed by atoms with E-state index in [-0.39, 0.29) is 12.1 Å². The minimum absolute atomic E-state index is 0.212. The first kappa shape index (κ1) is 25.9. The highest BCUT2D eigenvalue weighted by Gasteiger charge is 2.20. The van der Waals surface area contributed by atoms with Gasteiger partial charge in [0.1, 0.15) is 5.75 Å². The molecule has 0 bridgehead atoms. The zero-order valence-corrected chi connectivity index (χ0v) is 19.8. The van der Waals surface area contributed by atoms with Crippen LogP contribution in [0.25, 0.3) is 0 Å². The van der Waals surface area contributed by atoms with Crippen molar-refractivity contribution in [3.05, 3.63) is 29.8 Å². The van der Waals surface area contributed by atoms with Crippen LogP contribution < -0.4 is 26.4 Å². The first-order valence-corrected chi connectivity index (χ1v) is 11.8. The second-order valence-corrected chi connectivity index (χ2v) is 8.10. The van der Waals surface area contributed by atoms with Gasteiger partial charge in [-0.25, -0.2) is 0 Å². The van der Waals surface area contributed by atoms with Gasteiger partial charge in [-0.3, -0.25) is 0 Å². The lowest BCUT2D eigenvalue weighted by Gasteiger charge is -2.26. The van der Waals surface area contributed by atoms with Crippen LogP contribution in [0.5, 0.6) is 5.75 Å². The summed E-state index contributed by atoms with van der Waals surface area (Å²) in [4.78, 5) is 13.6. The topological polar surface area (TPSA) is 149 Å². The summed E-state index contributed by atoms with van der Waals surface area (Å²) in [5, 5.41) is 19.6. The smallest absolute Gasteiger partial charge is 0.229 e. The lowest BCUT2D eigenvalue weighted by Crippen LogP contribution is -2.29. The van der Waals surface area contributed by atoms with Crippen LogP contribution in [0.3, 0.4) is 0 Å². The van der Waals surface area contributed by atoms with Gasteiger partial charge in [-0.15, -0.1) is 0 Å². The number of rotatable bonds is 15. The first-order chi connectivity index (χ1) is 16.7. The van der Waals surface area contributed by atoms with Crippen molar-refractivity contribution in [1.82, 2.24) is 15.0 Å². The summed E-state index contributed by atoms with van der Waals surface area (Å²) in [7, 11) is 1.65. The average molecular weight is 476 g/mol. The molecule has 3 rings (SSSR count). The molecule has 0 unspecified atom stereocenters. The molecule has 0 atom stereocenters. The van der Waals surface area contributed by atoms with Gasteiger partial charge in [0, 0.05) is 25.7 Å². The molecule has 1 saturated carbocycles. The van der Waals surface area contributed by atoms with E-state index >= 15 is 0 Å². The number of benzene rings is 1. The van der Waals surface area contributed by atoms with Crippen molar-refractivity contribution in [1.29, 1.82) is 0 Å². The number of nitrogens with zero attached hydrogens (tertiary/aromatic N) is 3. The zero-order valence-electron chi connectivity index (χ0n) is 19.8. The number of aromatic nitrogens is 3. The normalized spacial score (nSPS) is 17.9. The number of nitrogens with one attached hydrogen (secondary N) is 3. The maximum Gasteiger partial charge on any atom is 0.229 e. The van der Waals surface area contributed by atoms with E-state index in [0.717, 1.165) is 37.0 Å². The molecule has 1 fully saturated rings. The van der Waals surface area contributed by atoms with Crippen molar-refractivity contribution >= 4 is 17.8 Å². The molecule has 1 aliphatic rings. The predicted octanol–water partition coefficient (Wildman–Crippen LogP) is 1.61. The first-order valence-electron chi connectivity index (χ1n) is 11.8. The summed E-state index contributed by atoms with van der Waals surface area (Å²) in [5.41, 5.74) is 6.47. The van der Waals surface area contributed by atoms with Gasteiger partial charge in [0.05, 0.1) is 39.6 Å². The predicted molar refractivity (Wildman–Crippen MR) is 131 cm³/mol. The van der Waals surface area contributed by atoms with Crippen LogP contribution in [-0.4, -0.2) is 78.8 Å². The summed E-state index contributed by atoms with van der Waals surface area (Å²) in [5.74, 6) is 2.26. The highest BCUT2D eigenvalue weighted by molar-refractivity contribution is 5.43. The van der Waals surface area contributed by atoms with E-state index in [1.807, 2.05) is 24.3 Å². The molecule has 0 saturated heterocycles. The maximum absolute atomic E-state index is 9.77. The third-order valence-corrected chi connectivity index (χ3v) is 5.44. The van der Waals surface area contributed by atoms with Crippen molar-refractivity contribution in [3.63, 3.8) is 0 Å². The Morgan fingerprint density at radius 3 is 2.21 bits per heavy atom. The molecular weight excluding hydrogens is 438 g/mol. The van der Waals surface area contributed by atoms with Gasteiger partial charge in [-0.2, -0.15) is 15.0 Å². The second-order valence-electron chi connectivity index (χ2n) is 8.10. The summed E-state index contributed by atoms with van der Waals surface area (Å²) < 4.78 is 16.1. The van der Waals surface area contributed by atoms with Crippen molar-refractivity contribution in [3.8, 4) is 5.75 Å². The molecule has 0 aliphatic heterocycles. The fourth-order valence-corrected chi connectivity index (χ4v) is 3.57. The number of nitrogens with two attached hydrogens (primary N) is 1. The Balaban J connectivity index is 1.56. The molecule has 1 heterocycles. The van der Waals surface area contributed by atoms with E-state index in [2.05, 4.69) is 30.9 Å². The molecule has 1 aliphatic carbocycles. The van der Waals surface area contributed by atoms with Crippen molar-refractivity contribution in [2.75, 3.05) is 62.6 Å². The van der Waals surface area contributed by atoms with Gasteiger partial charge in [-0.05, 0) is 43.4 Å². The number of hydrogen-bond donors (Lipinski definition) is 5. The Hall–Kier alpha value is -2.73. The molecule has 34 heavy (non-hydrogen) atoms. The van der Waals surface area contributed by atoms with Crippen LogP contribution in [0.15, 0.2) is 24.3 Å². The molecule has 1 aromatic carbocycles. The number of aliphatic hydroxyl groups is 1. The zero-order chi connectivity index (χ0) is 24.0. The molecule has 6 N–H and O–H groups in total. The molecule has 188 valence electrons. The van der Waals surface area contributed by atoms with E-state index in [1.165, 1.54) is 0 Å². The highest BCUT2D eigenvalue weighted by Crippen LogP contribution is 2.22. The molecule has 11 nitrogen and oxygen atoms in total. The van der Waals surface area contributed by atoms with E-state index in [0.29, 0.717) is 63.9 Å². The van der Waals surface area contributed by atoms with Crippen LogP contribution >= 0.6 is 0 Å². The van der Waals surface area contributed by atoms with E-state index in [9.17, 15) is 5.11 Å². The summed E-state index contributed by atoms with van der Waals surface area (Å²) in [6.45, 7) is 3.68.